The predicted octanol–water partition coefficient (Wildman–Crippen LogP) is 3.55. The normalized spacial score (nSPS) is 23.4. The summed E-state index contributed by atoms with van der Waals surface area (Å²) in [5.74, 6) is 0.997. The lowest BCUT2D eigenvalue weighted by atomic mass is 9.98. The highest BCUT2D eigenvalue weighted by molar-refractivity contribution is 5.48. The Hall–Kier alpha value is -1.56. The van der Waals surface area contributed by atoms with Crippen LogP contribution in [0.5, 0.6) is 0 Å². The van der Waals surface area contributed by atoms with Crippen LogP contribution in [0.1, 0.15) is 31.7 Å². The summed E-state index contributed by atoms with van der Waals surface area (Å²) >= 11 is 0. The number of benzene rings is 1. The number of hydrogen-bond donors (Lipinski definition) is 1. The van der Waals surface area contributed by atoms with Crippen LogP contribution in [0.2, 0.25) is 0 Å². The van der Waals surface area contributed by atoms with Crippen molar-refractivity contribution >= 4 is 5.69 Å². The lowest BCUT2D eigenvalue weighted by molar-refractivity contribution is 0.439. The van der Waals surface area contributed by atoms with E-state index in [1.807, 2.05) is 6.07 Å². The molecule has 0 saturated heterocycles. The van der Waals surface area contributed by atoms with Crippen molar-refractivity contribution in [1.29, 1.82) is 5.26 Å². The SMILES string of the molecule is CC1CCCC1CNc1ccc(C#N)c(F)c1. The van der Waals surface area contributed by atoms with E-state index in [4.69, 9.17) is 5.26 Å². The van der Waals surface area contributed by atoms with Crippen LogP contribution in [-0.2, 0) is 0 Å². The third-order valence-electron chi connectivity index (χ3n) is 3.70. The van der Waals surface area contributed by atoms with Crippen molar-refractivity contribution in [3.05, 3.63) is 29.6 Å². The Kier molecular flexibility index (Phi) is 3.63. The van der Waals surface area contributed by atoms with Crippen molar-refractivity contribution in [3.63, 3.8) is 0 Å². The fourth-order valence-electron chi connectivity index (χ4n) is 2.49. The molecule has 1 aliphatic carbocycles. The van der Waals surface area contributed by atoms with E-state index in [9.17, 15) is 4.39 Å². The van der Waals surface area contributed by atoms with Gasteiger partial charge >= 0.3 is 0 Å². The molecule has 0 aromatic heterocycles. The summed E-state index contributed by atoms with van der Waals surface area (Å²) < 4.78 is 13.4. The molecule has 3 heteroatoms. The van der Waals surface area contributed by atoms with E-state index in [0.29, 0.717) is 5.92 Å². The Balaban J connectivity index is 1.95. The minimum Gasteiger partial charge on any atom is -0.385 e. The van der Waals surface area contributed by atoms with Gasteiger partial charge in [-0.2, -0.15) is 5.26 Å². The maximum Gasteiger partial charge on any atom is 0.143 e. The van der Waals surface area contributed by atoms with Gasteiger partial charge in [0.15, 0.2) is 0 Å². The second-order valence-electron chi connectivity index (χ2n) is 4.86. The zero-order chi connectivity index (χ0) is 12.3. The maximum absolute atomic E-state index is 13.4. The zero-order valence-electron chi connectivity index (χ0n) is 10.0. The molecule has 0 radical (unpaired) electrons. The Morgan fingerprint density at radius 2 is 2.29 bits per heavy atom. The maximum atomic E-state index is 13.4. The molecule has 90 valence electrons. The monoisotopic (exact) mass is 232 g/mol. The van der Waals surface area contributed by atoms with E-state index in [0.717, 1.165) is 18.2 Å². The second kappa shape index (κ2) is 5.18. The van der Waals surface area contributed by atoms with Crippen LogP contribution < -0.4 is 5.32 Å². The summed E-state index contributed by atoms with van der Waals surface area (Å²) in [4.78, 5) is 0. The molecular weight excluding hydrogens is 215 g/mol. The molecule has 0 heterocycles. The topological polar surface area (TPSA) is 35.8 Å². The number of nitrogens with one attached hydrogen (secondary N) is 1. The molecule has 1 aliphatic rings. The van der Waals surface area contributed by atoms with E-state index in [-0.39, 0.29) is 5.56 Å². The zero-order valence-corrected chi connectivity index (χ0v) is 10.0. The average molecular weight is 232 g/mol. The molecule has 0 spiro atoms. The van der Waals surface area contributed by atoms with Crippen LogP contribution >= 0.6 is 0 Å². The van der Waals surface area contributed by atoms with Gasteiger partial charge in [0.05, 0.1) is 5.56 Å². The number of rotatable bonds is 3. The lowest BCUT2D eigenvalue weighted by Crippen LogP contribution is -2.16. The standard InChI is InChI=1S/C14H17FN2/c1-10-3-2-4-12(10)9-17-13-6-5-11(8-16)14(15)7-13/h5-7,10,12,17H,2-4,9H2,1H3. The first kappa shape index (κ1) is 11.9. The highest BCUT2D eigenvalue weighted by atomic mass is 19.1. The summed E-state index contributed by atoms with van der Waals surface area (Å²) in [7, 11) is 0. The first-order chi connectivity index (χ1) is 8.20. The van der Waals surface area contributed by atoms with Crippen LogP contribution in [0.4, 0.5) is 10.1 Å². The van der Waals surface area contributed by atoms with Crippen molar-refractivity contribution in [2.75, 3.05) is 11.9 Å². The summed E-state index contributed by atoms with van der Waals surface area (Å²) in [6.07, 6.45) is 3.86. The molecule has 2 rings (SSSR count). The molecule has 1 N–H and O–H groups in total. The summed E-state index contributed by atoms with van der Waals surface area (Å²) in [5.41, 5.74) is 0.866. The lowest BCUT2D eigenvalue weighted by Gasteiger charge is -2.16. The quantitative estimate of drug-likeness (QED) is 0.865. The predicted molar refractivity (Wildman–Crippen MR) is 66.1 cm³/mol. The van der Waals surface area contributed by atoms with Gasteiger partial charge in [0.2, 0.25) is 0 Å². The van der Waals surface area contributed by atoms with Gasteiger partial charge in [-0.3, -0.25) is 0 Å². The smallest absolute Gasteiger partial charge is 0.143 e. The Morgan fingerprint density at radius 3 is 2.88 bits per heavy atom. The summed E-state index contributed by atoms with van der Waals surface area (Å²) in [5, 5.41) is 11.9. The fraction of sp³-hybridized carbons (Fsp3) is 0.500. The van der Waals surface area contributed by atoms with E-state index in [1.165, 1.54) is 31.4 Å². The number of nitrogens with zero attached hydrogens (tertiary/aromatic N) is 1. The van der Waals surface area contributed by atoms with Crippen LogP contribution in [-0.4, -0.2) is 6.54 Å². The highest BCUT2D eigenvalue weighted by Crippen LogP contribution is 2.31. The van der Waals surface area contributed by atoms with Crippen LogP contribution in [0, 0.1) is 29.0 Å². The van der Waals surface area contributed by atoms with Crippen molar-refractivity contribution in [2.45, 2.75) is 26.2 Å². The molecule has 2 atom stereocenters. The van der Waals surface area contributed by atoms with Gasteiger partial charge in [-0.1, -0.05) is 19.8 Å². The third kappa shape index (κ3) is 2.76. The van der Waals surface area contributed by atoms with Crippen LogP contribution in [0.15, 0.2) is 18.2 Å². The molecule has 2 unspecified atom stereocenters. The summed E-state index contributed by atoms with van der Waals surface area (Å²) in [6.45, 7) is 3.17. The molecule has 0 bridgehead atoms. The van der Waals surface area contributed by atoms with Crippen molar-refractivity contribution in [1.82, 2.24) is 0 Å². The average Bonchev–Trinajstić information content (AvgIpc) is 2.72. The molecule has 2 nitrogen and oxygen atoms in total. The van der Waals surface area contributed by atoms with Gasteiger partial charge in [-0.25, -0.2) is 4.39 Å². The van der Waals surface area contributed by atoms with Crippen molar-refractivity contribution in [3.8, 4) is 6.07 Å². The first-order valence-corrected chi connectivity index (χ1v) is 6.14. The van der Waals surface area contributed by atoms with Crippen LogP contribution in [0.3, 0.4) is 0 Å². The van der Waals surface area contributed by atoms with Gasteiger partial charge in [-0.15, -0.1) is 0 Å². The Labute approximate surface area is 101 Å². The number of hydrogen-bond acceptors (Lipinski definition) is 2. The molecule has 1 aromatic carbocycles. The third-order valence-corrected chi connectivity index (χ3v) is 3.70. The molecule has 1 saturated carbocycles. The van der Waals surface area contributed by atoms with E-state index >= 15 is 0 Å². The van der Waals surface area contributed by atoms with Crippen molar-refractivity contribution < 1.29 is 4.39 Å². The molecular formula is C14H17FN2. The van der Waals surface area contributed by atoms with E-state index < -0.39 is 5.82 Å². The number of nitriles is 1. The van der Waals surface area contributed by atoms with Gasteiger partial charge in [-0.05, 0) is 36.5 Å². The Morgan fingerprint density at radius 1 is 1.47 bits per heavy atom. The molecule has 1 aromatic rings. The molecule has 17 heavy (non-hydrogen) atoms. The van der Waals surface area contributed by atoms with Gasteiger partial charge in [0.1, 0.15) is 11.9 Å². The number of anilines is 1. The Bertz CT molecular complexity index is 436. The molecule has 0 amide bonds. The van der Waals surface area contributed by atoms with Crippen molar-refractivity contribution in [2.24, 2.45) is 11.8 Å². The summed E-state index contributed by atoms with van der Waals surface area (Å²) in [6, 6.07) is 6.51. The largest absolute Gasteiger partial charge is 0.385 e. The van der Waals surface area contributed by atoms with Gasteiger partial charge in [0.25, 0.3) is 0 Å². The number of halogens is 1. The minimum atomic E-state index is -0.447. The van der Waals surface area contributed by atoms with Gasteiger partial charge < -0.3 is 5.32 Å². The highest BCUT2D eigenvalue weighted by Gasteiger charge is 2.22. The molecule has 0 aliphatic heterocycles. The van der Waals surface area contributed by atoms with E-state index in [1.54, 1.807) is 6.07 Å². The molecule has 1 fully saturated rings. The minimum absolute atomic E-state index is 0.102. The van der Waals surface area contributed by atoms with Crippen LogP contribution in [0.25, 0.3) is 0 Å². The fourth-order valence-corrected chi connectivity index (χ4v) is 2.49. The van der Waals surface area contributed by atoms with Gasteiger partial charge in [0, 0.05) is 12.2 Å². The van der Waals surface area contributed by atoms with E-state index in [2.05, 4.69) is 12.2 Å². The first-order valence-electron chi connectivity index (χ1n) is 6.14. The second-order valence-corrected chi connectivity index (χ2v) is 4.86.